The van der Waals surface area contributed by atoms with Gasteiger partial charge in [0.2, 0.25) is 0 Å². The second-order valence-electron chi connectivity index (χ2n) is 4.22. The maximum atomic E-state index is 12.4. The molecule has 0 aliphatic carbocycles. The lowest BCUT2D eigenvalue weighted by atomic mass is 9.96. The molecule has 0 saturated heterocycles. The average molecular weight is 243 g/mol. The van der Waals surface area contributed by atoms with E-state index in [0.717, 1.165) is 18.2 Å². The van der Waals surface area contributed by atoms with Crippen molar-refractivity contribution in [2.75, 3.05) is 0 Å². The van der Waals surface area contributed by atoms with Gasteiger partial charge in [0.1, 0.15) is 0 Å². The van der Waals surface area contributed by atoms with Gasteiger partial charge in [-0.2, -0.15) is 13.2 Å². The largest absolute Gasteiger partial charge is 0.416 e. The molecule has 17 heavy (non-hydrogen) atoms. The third-order valence-electron chi connectivity index (χ3n) is 2.53. The fourth-order valence-electron chi connectivity index (χ4n) is 1.38. The molecule has 93 valence electrons. The van der Waals surface area contributed by atoms with E-state index in [9.17, 15) is 18.3 Å². The van der Waals surface area contributed by atoms with E-state index in [4.69, 9.17) is 6.58 Å². The third kappa shape index (κ3) is 4.23. The maximum Gasteiger partial charge on any atom is 0.416 e. The van der Waals surface area contributed by atoms with Crippen LogP contribution in [0.3, 0.4) is 0 Å². The zero-order valence-electron chi connectivity index (χ0n) is 9.46. The van der Waals surface area contributed by atoms with Gasteiger partial charge < -0.3 is 5.11 Å². The Balaban J connectivity index is 2.77. The molecule has 1 aromatic rings. The molecule has 0 saturated carbocycles. The van der Waals surface area contributed by atoms with Gasteiger partial charge in [-0.25, -0.2) is 0 Å². The quantitative estimate of drug-likeness (QED) is 0.859. The molecule has 0 aromatic heterocycles. The summed E-state index contributed by atoms with van der Waals surface area (Å²) in [4.78, 5) is 0. The predicted molar refractivity (Wildman–Crippen MR) is 59.3 cm³/mol. The highest BCUT2D eigenvalue weighted by molar-refractivity contribution is 5.26. The van der Waals surface area contributed by atoms with Gasteiger partial charge >= 0.3 is 6.18 Å². The van der Waals surface area contributed by atoms with Crippen molar-refractivity contribution in [2.24, 2.45) is 0 Å². The van der Waals surface area contributed by atoms with Gasteiger partial charge in [0, 0.05) is 0 Å². The number of rotatable bonds is 4. The Morgan fingerprint density at radius 1 is 1.35 bits per heavy atom. The Labute approximate surface area is 98.6 Å². The van der Waals surface area contributed by atoms with Gasteiger partial charge in [-0.3, -0.25) is 0 Å². The number of hydrogen-bond acceptors (Lipinski definition) is 1. The summed E-state index contributed by atoms with van der Waals surface area (Å²) in [5.74, 6) is 0. The third-order valence-corrected chi connectivity index (χ3v) is 2.53. The van der Waals surface area contributed by atoms with Gasteiger partial charge in [-0.1, -0.05) is 30.9 Å². The van der Waals surface area contributed by atoms with Crippen LogP contribution in [0.15, 0.2) is 30.3 Å². The van der Waals surface area contributed by atoms with Crippen molar-refractivity contribution in [3.63, 3.8) is 0 Å². The van der Waals surface area contributed by atoms with E-state index in [1.807, 2.05) is 0 Å². The summed E-state index contributed by atoms with van der Waals surface area (Å²) in [6.45, 7) is 6.73. The van der Waals surface area contributed by atoms with Crippen LogP contribution in [0.4, 0.5) is 13.2 Å². The smallest absolute Gasteiger partial charge is 0.386 e. The minimum absolute atomic E-state index is 0.283. The Bertz CT molecular complexity index is 394. The van der Waals surface area contributed by atoms with Crippen LogP contribution < -0.4 is 0 Å². The van der Waals surface area contributed by atoms with Crippen molar-refractivity contribution in [1.29, 1.82) is 0 Å². The second kappa shape index (κ2) is 4.92. The van der Waals surface area contributed by atoms with Gasteiger partial charge in [-0.05, 0) is 31.4 Å². The first-order chi connectivity index (χ1) is 7.74. The number of halogens is 3. The van der Waals surface area contributed by atoms with Gasteiger partial charge in [0.05, 0.1) is 11.2 Å². The molecule has 0 aliphatic rings. The van der Waals surface area contributed by atoms with Crippen molar-refractivity contribution in [1.82, 2.24) is 0 Å². The van der Waals surface area contributed by atoms with E-state index in [0.29, 0.717) is 12.0 Å². The summed E-state index contributed by atoms with van der Waals surface area (Å²) in [5, 5.41) is 9.61. The SMILES string of the molecule is [CH]=CC(C)(O)CCc1cccc(C(F)(F)F)c1. The monoisotopic (exact) mass is 243 g/mol. The molecule has 1 radical (unpaired) electrons. The van der Waals surface area contributed by atoms with E-state index < -0.39 is 17.3 Å². The van der Waals surface area contributed by atoms with Gasteiger partial charge in [0.25, 0.3) is 0 Å². The molecule has 1 aromatic carbocycles. The first-order valence-corrected chi connectivity index (χ1v) is 5.19. The summed E-state index contributed by atoms with van der Waals surface area (Å²) >= 11 is 0. The van der Waals surface area contributed by atoms with Crippen molar-refractivity contribution in [3.05, 3.63) is 48.0 Å². The van der Waals surface area contributed by atoms with Crippen molar-refractivity contribution < 1.29 is 18.3 Å². The molecule has 1 unspecified atom stereocenters. The molecule has 0 amide bonds. The summed E-state index contributed by atoms with van der Waals surface area (Å²) in [6, 6.07) is 5.07. The Morgan fingerprint density at radius 3 is 2.53 bits per heavy atom. The average Bonchev–Trinajstić information content (AvgIpc) is 2.26. The maximum absolute atomic E-state index is 12.4. The minimum atomic E-state index is -4.33. The number of aryl methyl sites for hydroxylation is 1. The molecule has 0 aliphatic heterocycles. The molecule has 1 rings (SSSR count). The van der Waals surface area contributed by atoms with Crippen LogP contribution in [0, 0.1) is 6.58 Å². The highest BCUT2D eigenvalue weighted by atomic mass is 19.4. The topological polar surface area (TPSA) is 20.2 Å². The second-order valence-corrected chi connectivity index (χ2v) is 4.22. The Hall–Kier alpha value is -1.29. The summed E-state index contributed by atoms with van der Waals surface area (Å²) in [5.41, 5.74) is -1.30. The first kappa shape index (κ1) is 13.8. The summed E-state index contributed by atoms with van der Waals surface area (Å²) in [7, 11) is 0. The Kier molecular flexibility index (Phi) is 3.98. The Morgan fingerprint density at radius 2 is 2.00 bits per heavy atom. The molecular formula is C13H14F3O. The minimum Gasteiger partial charge on any atom is -0.386 e. The number of alkyl halides is 3. The molecule has 4 heteroatoms. The highest BCUT2D eigenvalue weighted by Crippen LogP contribution is 2.30. The standard InChI is InChI=1S/C13H14F3O/c1-3-12(2,17)8-7-10-5-4-6-11(9-10)13(14,15)16/h1,3-6,9,17H,7-8H2,2H3. The van der Waals surface area contributed by atoms with E-state index in [1.54, 1.807) is 6.07 Å². The zero-order chi connectivity index (χ0) is 13.1. The lowest BCUT2D eigenvalue weighted by molar-refractivity contribution is -0.137. The molecule has 0 heterocycles. The van der Waals surface area contributed by atoms with Crippen LogP contribution >= 0.6 is 0 Å². The van der Waals surface area contributed by atoms with E-state index >= 15 is 0 Å². The van der Waals surface area contributed by atoms with Crippen LogP contribution in [-0.4, -0.2) is 10.7 Å². The van der Waals surface area contributed by atoms with Crippen molar-refractivity contribution in [3.8, 4) is 0 Å². The fraction of sp³-hybridized carbons (Fsp3) is 0.385. The van der Waals surface area contributed by atoms with Crippen LogP contribution in [0.1, 0.15) is 24.5 Å². The lowest BCUT2D eigenvalue weighted by Crippen LogP contribution is -2.21. The molecule has 1 N–H and O–H groups in total. The van der Waals surface area contributed by atoms with Crippen molar-refractivity contribution in [2.45, 2.75) is 31.5 Å². The van der Waals surface area contributed by atoms with Crippen LogP contribution in [0.5, 0.6) is 0 Å². The molecule has 0 fully saturated rings. The normalized spacial score (nSPS) is 15.4. The molecule has 1 atom stereocenters. The van der Waals surface area contributed by atoms with Crippen LogP contribution in [0.2, 0.25) is 0 Å². The number of benzene rings is 1. The van der Waals surface area contributed by atoms with E-state index in [2.05, 4.69) is 0 Å². The van der Waals surface area contributed by atoms with Crippen molar-refractivity contribution >= 4 is 0 Å². The van der Waals surface area contributed by atoms with Gasteiger partial charge in [-0.15, -0.1) is 0 Å². The molecule has 1 nitrogen and oxygen atoms in total. The molecule has 0 bridgehead atoms. The molecule has 0 spiro atoms. The summed E-state index contributed by atoms with van der Waals surface area (Å²) in [6.07, 6.45) is -2.57. The van der Waals surface area contributed by atoms with E-state index in [1.165, 1.54) is 13.0 Å². The van der Waals surface area contributed by atoms with Crippen LogP contribution in [0.25, 0.3) is 0 Å². The highest BCUT2D eigenvalue weighted by Gasteiger charge is 2.30. The summed E-state index contributed by atoms with van der Waals surface area (Å²) < 4.78 is 37.3. The van der Waals surface area contributed by atoms with E-state index in [-0.39, 0.29) is 6.42 Å². The zero-order valence-corrected chi connectivity index (χ0v) is 9.46. The fourth-order valence-corrected chi connectivity index (χ4v) is 1.38. The first-order valence-electron chi connectivity index (χ1n) is 5.19. The number of hydrogen-bond donors (Lipinski definition) is 1. The van der Waals surface area contributed by atoms with Crippen LogP contribution in [-0.2, 0) is 12.6 Å². The molecular weight excluding hydrogens is 229 g/mol. The lowest BCUT2D eigenvalue weighted by Gasteiger charge is -2.18. The van der Waals surface area contributed by atoms with Gasteiger partial charge in [0.15, 0.2) is 0 Å². The number of aliphatic hydroxyl groups is 1. The predicted octanol–water partition coefficient (Wildman–Crippen LogP) is 3.38.